The molecule has 0 aliphatic rings. The Morgan fingerprint density at radius 2 is 1.86 bits per heavy atom. The third-order valence-electron chi connectivity index (χ3n) is 0.175. The Balaban J connectivity index is -0.0000000800. The Morgan fingerprint density at radius 1 is 1.71 bits per heavy atom. The third kappa shape index (κ3) is 22.2. The van der Waals surface area contributed by atoms with Crippen molar-refractivity contribution in [2.24, 2.45) is 5.73 Å². The van der Waals surface area contributed by atoms with Gasteiger partial charge in [-0.1, -0.05) is 0 Å². The molecule has 0 rings (SSSR count). The quantitative estimate of drug-likeness (QED) is 0.503. The van der Waals surface area contributed by atoms with Gasteiger partial charge in [0.25, 0.3) is 0 Å². The number of hydrogen-bond acceptors (Lipinski definition) is 2. The summed E-state index contributed by atoms with van der Waals surface area (Å²) < 4.78 is 0. The summed E-state index contributed by atoms with van der Waals surface area (Å²) in [4.78, 5) is 9.24. The fourth-order valence-electron chi connectivity index (χ4n) is 0. The molecule has 0 aromatic carbocycles. The first-order valence-electron chi connectivity index (χ1n) is 1.19. The SMILES string of the molecule is NCC(=O)O.O.[Zr]. The number of aliphatic carboxylic acids is 1. The largest absolute Gasteiger partial charge is 0.480 e. The summed E-state index contributed by atoms with van der Waals surface area (Å²) in [5, 5.41) is 7.60. The first kappa shape index (κ1) is 15.7. The maximum Gasteiger partial charge on any atom is 0.317 e. The molecule has 0 atom stereocenters. The molecule has 0 aliphatic heterocycles. The van der Waals surface area contributed by atoms with Crippen LogP contribution in [0.3, 0.4) is 0 Å². The van der Waals surface area contributed by atoms with Gasteiger partial charge >= 0.3 is 5.97 Å². The molecule has 0 radical (unpaired) electrons. The van der Waals surface area contributed by atoms with E-state index in [0.717, 1.165) is 0 Å². The Bertz CT molecular complexity index is 48.2. The van der Waals surface area contributed by atoms with Crippen LogP contribution in [0.4, 0.5) is 0 Å². The molecule has 0 aliphatic carbocycles. The van der Waals surface area contributed by atoms with E-state index in [4.69, 9.17) is 5.11 Å². The minimum atomic E-state index is -0.968. The second kappa shape index (κ2) is 9.55. The average Bonchev–Trinajstić information content (AvgIpc) is 1.38. The molecule has 0 saturated carbocycles. The van der Waals surface area contributed by atoms with Crippen molar-refractivity contribution in [3.8, 4) is 0 Å². The predicted octanol–water partition coefficient (Wildman–Crippen LogP) is -1.80. The van der Waals surface area contributed by atoms with Crippen LogP contribution in [0.15, 0.2) is 0 Å². The second-order valence-electron chi connectivity index (χ2n) is 0.598. The zero-order chi connectivity index (χ0) is 4.28. The minimum Gasteiger partial charge on any atom is -0.480 e. The summed E-state index contributed by atoms with van der Waals surface area (Å²) in [6.07, 6.45) is 0. The molecule has 0 fully saturated rings. The van der Waals surface area contributed by atoms with E-state index in [9.17, 15) is 4.79 Å². The first-order chi connectivity index (χ1) is 2.27. The van der Waals surface area contributed by atoms with Crippen LogP contribution in [0, 0.1) is 0 Å². The maximum absolute atomic E-state index is 9.24. The van der Waals surface area contributed by atoms with Crippen LogP contribution < -0.4 is 5.73 Å². The molecule has 0 saturated heterocycles. The van der Waals surface area contributed by atoms with Crippen molar-refractivity contribution < 1.29 is 41.6 Å². The summed E-state index contributed by atoms with van der Waals surface area (Å²) in [6.45, 7) is -0.278. The number of carboxylic acid groups (broad SMARTS) is 1. The van der Waals surface area contributed by atoms with Gasteiger partial charge in [-0.3, -0.25) is 4.79 Å². The van der Waals surface area contributed by atoms with Crippen LogP contribution in [-0.4, -0.2) is 23.1 Å². The maximum atomic E-state index is 9.24. The van der Waals surface area contributed by atoms with Crippen LogP contribution in [-0.2, 0) is 31.0 Å². The zero-order valence-electron chi connectivity index (χ0n) is 3.64. The van der Waals surface area contributed by atoms with Crippen LogP contribution in [0.25, 0.3) is 0 Å². The molecule has 0 aromatic rings. The van der Waals surface area contributed by atoms with Crippen molar-refractivity contribution in [1.29, 1.82) is 0 Å². The molecular formula is C2H7NO3Zr. The molecule has 5 heteroatoms. The molecular weight excluding hydrogens is 177 g/mol. The number of carbonyl (C=O) groups is 1. The number of hydrogen-bond donors (Lipinski definition) is 2. The smallest absolute Gasteiger partial charge is 0.317 e. The minimum absolute atomic E-state index is 0. The molecule has 4 nitrogen and oxygen atoms in total. The van der Waals surface area contributed by atoms with E-state index in [0.29, 0.717) is 0 Å². The number of nitrogens with two attached hydrogens (primary N) is 1. The van der Waals surface area contributed by atoms with Gasteiger partial charge in [-0.2, -0.15) is 0 Å². The molecule has 0 unspecified atom stereocenters. The zero-order valence-corrected chi connectivity index (χ0v) is 6.10. The van der Waals surface area contributed by atoms with Crippen molar-refractivity contribution in [2.45, 2.75) is 0 Å². The molecule has 0 heterocycles. The first-order valence-corrected chi connectivity index (χ1v) is 1.19. The molecule has 0 bridgehead atoms. The normalized spacial score (nSPS) is 5.29. The van der Waals surface area contributed by atoms with Gasteiger partial charge in [0.2, 0.25) is 0 Å². The molecule has 7 heavy (non-hydrogen) atoms. The van der Waals surface area contributed by atoms with E-state index in [2.05, 4.69) is 5.73 Å². The van der Waals surface area contributed by atoms with E-state index in [1.807, 2.05) is 0 Å². The van der Waals surface area contributed by atoms with E-state index < -0.39 is 5.97 Å². The summed E-state index contributed by atoms with van der Waals surface area (Å²) in [6, 6.07) is 0. The predicted molar refractivity (Wildman–Crippen MR) is 20.3 cm³/mol. The summed E-state index contributed by atoms with van der Waals surface area (Å²) in [7, 11) is 0. The van der Waals surface area contributed by atoms with Crippen LogP contribution in [0.5, 0.6) is 0 Å². The van der Waals surface area contributed by atoms with Crippen LogP contribution in [0.2, 0.25) is 0 Å². The van der Waals surface area contributed by atoms with Crippen molar-refractivity contribution in [3.05, 3.63) is 0 Å². The van der Waals surface area contributed by atoms with E-state index in [1.54, 1.807) is 0 Å². The standard InChI is InChI=1S/C2H5NO2.H2O.Zr/c3-1-2(4)5;;/h1,3H2,(H,4,5);1H2;. The molecule has 0 amide bonds. The molecule has 0 spiro atoms. The molecule has 5 N–H and O–H groups in total. The van der Waals surface area contributed by atoms with Gasteiger partial charge in [0.1, 0.15) is 0 Å². The number of rotatable bonds is 1. The van der Waals surface area contributed by atoms with Gasteiger partial charge in [0.05, 0.1) is 6.54 Å². The van der Waals surface area contributed by atoms with Gasteiger partial charge in [-0.15, -0.1) is 0 Å². The van der Waals surface area contributed by atoms with Crippen LogP contribution >= 0.6 is 0 Å². The van der Waals surface area contributed by atoms with Crippen LogP contribution in [0.1, 0.15) is 0 Å². The van der Waals surface area contributed by atoms with E-state index in [-0.39, 0.29) is 38.2 Å². The number of carboxylic acids is 1. The van der Waals surface area contributed by atoms with Gasteiger partial charge in [0, 0.05) is 26.2 Å². The Morgan fingerprint density at radius 3 is 1.86 bits per heavy atom. The van der Waals surface area contributed by atoms with Gasteiger partial charge in [-0.25, -0.2) is 0 Å². The van der Waals surface area contributed by atoms with Gasteiger partial charge < -0.3 is 16.3 Å². The van der Waals surface area contributed by atoms with Gasteiger partial charge in [-0.05, 0) is 0 Å². The summed E-state index contributed by atoms with van der Waals surface area (Å²) >= 11 is 0. The van der Waals surface area contributed by atoms with Crippen molar-refractivity contribution in [2.75, 3.05) is 6.54 Å². The second-order valence-corrected chi connectivity index (χ2v) is 0.598. The fraction of sp³-hybridized carbons (Fsp3) is 0.500. The fourth-order valence-corrected chi connectivity index (χ4v) is 0. The summed E-state index contributed by atoms with van der Waals surface area (Å²) in [5.41, 5.74) is 4.57. The Kier molecular flexibility index (Phi) is 21.4. The van der Waals surface area contributed by atoms with Crippen molar-refractivity contribution >= 4 is 5.97 Å². The summed E-state index contributed by atoms with van der Waals surface area (Å²) in [5.74, 6) is -0.968. The Labute approximate surface area is 60.1 Å². The van der Waals surface area contributed by atoms with E-state index in [1.165, 1.54) is 0 Å². The van der Waals surface area contributed by atoms with Gasteiger partial charge in [0.15, 0.2) is 0 Å². The van der Waals surface area contributed by atoms with Crippen molar-refractivity contribution in [3.63, 3.8) is 0 Å². The third-order valence-corrected chi connectivity index (χ3v) is 0.175. The average molecular weight is 184 g/mol. The molecule has 42 valence electrons. The Hall–Kier alpha value is 0.273. The van der Waals surface area contributed by atoms with E-state index >= 15 is 0 Å². The topological polar surface area (TPSA) is 94.8 Å². The monoisotopic (exact) mass is 183 g/mol. The molecule has 0 aromatic heterocycles. The van der Waals surface area contributed by atoms with Crippen molar-refractivity contribution in [1.82, 2.24) is 0 Å².